The van der Waals surface area contributed by atoms with Gasteiger partial charge in [0.1, 0.15) is 5.01 Å². The third-order valence-corrected chi connectivity index (χ3v) is 5.69. The van der Waals surface area contributed by atoms with Gasteiger partial charge in [-0.25, -0.2) is 4.98 Å². The summed E-state index contributed by atoms with van der Waals surface area (Å²) in [6.07, 6.45) is 7.95. The summed E-state index contributed by atoms with van der Waals surface area (Å²) in [6.45, 7) is 2.35. The summed E-state index contributed by atoms with van der Waals surface area (Å²) in [5.41, 5.74) is 2.19. The smallest absolute Gasteiger partial charge is 0.191 e. The van der Waals surface area contributed by atoms with E-state index in [9.17, 15) is 0 Å². The number of rotatable bonds is 8. The van der Waals surface area contributed by atoms with Gasteiger partial charge in [-0.15, -0.1) is 35.3 Å². The highest BCUT2D eigenvalue weighted by molar-refractivity contribution is 14.0. The van der Waals surface area contributed by atoms with Crippen LogP contribution >= 0.6 is 35.3 Å². The van der Waals surface area contributed by atoms with Crippen molar-refractivity contribution in [2.45, 2.75) is 51.2 Å². The van der Waals surface area contributed by atoms with Crippen molar-refractivity contribution in [2.24, 2.45) is 4.99 Å². The molecule has 0 saturated heterocycles. The molecule has 28 heavy (non-hydrogen) atoms. The Hall–Kier alpha value is -1.19. The van der Waals surface area contributed by atoms with Crippen LogP contribution in [0.5, 0.6) is 0 Å². The summed E-state index contributed by atoms with van der Waals surface area (Å²) in [5.74, 6) is 0.807. The van der Waals surface area contributed by atoms with Gasteiger partial charge in [-0.05, 0) is 19.3 Å². The maximum absolute atomic E-state index is 5.96. The third kappa shape index (κ3) is 7.67. The quantitative estimate of drug-likeness (QED) is 0.229. The lowest BCUT2D eigenvalue weighted by Crippen LogP contribution is -2.37. The number of benzene rings is 1. The van der Waals surface area contributed by atoms with Crippen molar-refractivity contribution in [3.05, 3.63) is 41.4 Å². The van der Waals surface area contributed by atoms with Crippen LogP contribution in [0.3, 0.4) is 0 Å². The Bertz CT molecular complexity index is 701. The second kappa shape index (κ2) is 13.1. The molecule has 0 bridgehead atoms. The van der Waals surface area contributed by atoms with Crippen LogP contribution in [0.1, 0.15) is 44.2 Å². The zero-order valence-electron chi connectivity index (χ0n) is 16.5. The molecule has 0 aliphatic heterocycles. The first-order valence-electron chi connectivity index (χ1n) is 9.91. The summed E-state index contributed by atoms with van der Waals surface area (Å²) < 4.78 is 5.96. The molecular formula is C21H31IN4OS. The lowest BCUT2D eigenvalue weighted by molar-refractivity contribution is 0.0277. The number of nitrogens with zero attached hydrogens (tertiary/aromatic N) is 2. The minimum atomic E-state index is 0. The zero-order valence-corrected chi connectivity index (χ0v) is 19.7. The molecule has 1 heterocycles. The second-order valence-corrected chi connectivity index (χ2v) is 7.71. The molecule has 1 aromatic heterocycles. The van der Waals surface area contributed by atoms with Crippen molar-refractivity contribution in [1.82, 2.24) is 15.6 Å². The van der Waals surface area contributed by atoms with Crippen molar-refractivity contribution < 1.29 is 4.74 Å². The van der Waals surface area contributed by atoms with Gasteiger partial charge >= 0.3 is 0 Å². The topological polar surface area (TPSA) is 58.5 Å². The van der Waals surface area contributed by atoms with Gasteiger partial charge in [0.2, 0.25) is 0 Å². The zero-order chi connectivity index (χ0) is 18.7. The molecule has 0 radical (unpaired) electrons. The molecule has 0 spiro atoms. The van der Waals surface area contributed by atoms with Crippen LogP contribution in [0.15, 0.2) is 40.7 Å². The second-order valence-electron chi connectivity index (χ2n) is 6.85. The number of aliphatic imine (C=N–C) groups is 1. The number of nitrogens with one attached hydrogen (secondary N) is 2. The number of guanidine groups is 1. The van der Waals surface area contributed by atoms with Gasteiger partial charge in [0.25, 0.3) is 0 Å². The van der Waals surface area contributed by atoms with E-state index in [0.717, 1.165) is 41.8 Å². The Kier molecular flexibility index (Phi) is 10.8. The van der Waals surface area contributed by atoms with Crippen LogP contribution in [0, 0.1) is 0 Å². The molecule has 0 amide bonds. The van der Waals surface area contributed by atoms with Gasteiger partial charge in [0, 0.05) is 31.1 Å². The van der Waals surface area contributed by atoms with Crippen molar-refractivity contribution in [2.75, 3.05) is 20.2 Å². The number of hydrogen-bond acceptors (Lipinski definition) is 4. The van der Waals surface area contributed by atoms with Crippen molar-refractivity contribution in [3.63, 3.8) is 0 Å². The highest BCUT2D eigenvalue weighted by atomic mass is 127. The van der Waals surface area contributed by atoms with E-state index in [1.807, 2.05) is 18.2 Å². The Morgan fingerprint density at radius 3 is 2.71 bits per heavy atom. The SMILES string of the molecule is CN=C(NCCCOC1CCCCC1)NCc1csc(-c2ccccc2)n1.I. The monoisotopic (exact) mass is 514 g/mol. The molecule has 7 heteroatoms. The Balaban J connectivity index is 0.00000280. The maximum Gasteiger partial charge on any atom is 0.191 e. The largest absolute Gasteiger partial charge is 0.378 e. The highest BCUT2D eigenvalue weighted by Gasteiger charge is 2.13. The van der Waals surface area contributed by atoms with Crippen LogP contribution < -0.4 is 10.6 Å². The van der Waals surface area contributed by atoms with E-state index < -0.39 is 0 Å². The molecule has 2 aromatic rings. The van der Waals surface area contributed by atoms with Gasteiger partial charge in [-0.2, -0.15) is 0 Å². The van der Waals surface area contributed by atoms with Gasteiger partial charge in [-0.3, -0.25) is 4.99 Å². The van der Waals surface area contributed by atoms with Gasteiger partial charge in [0.05, 0.1) is 18.3 Å². The minimum Gasteiger partial charge on any atom is -0.378 e. The number of thiazole rings is 1. The molecule has 1 aliphatic rings. The van der Waals surface area contributed by atoms with Crippen LogP contribution in [0.25, 0.3) is 10.6 Å². The Morgan fingerprint density at radius 1 is 1.18 bits per heavy atom. The number of aromatic nitrogens is 1. The molecule has 154 valence electrons. The van der Waals surface area contributed by atoms with Gasteiger partial charge in [0.15, 0.2) is 5.96 Å². The van der Waals surface area contributed by atoms with Crippen LogP contribution in [0.2, 0.25) is 0 Å². The first kappa shape index (κ1) is 23.1. The molecule has 1 fully saturated rings. The van der Waals surface area contributed by atoms with Crippen molar-refractivity contribution in [1.29, 1.82) is 0 Å². The lowest BCUT2D eigenvalue weighted by atomic mass is 9.98. The fourth-order valence-electron chi connectivity index (χ4n) is 3.26. The Labute approximate surface area is 189 Å². The molecule has 1 aromatic carbocycles. The predicted molar refractivity (Wildman–Crippen MR) is 129 cm³/mol. The van der Waals surface area contributed by atoms with Gasteiger partial charge < -0.3 is 15.4 Å². The molecule has 3 rings (SSSR count). The summed E-state index contributed by atoms with van der Waals surface area (Å²) in [4.78, 5) is 8.99. The molecule has 1 saturated carbocycles. The average Bonchev–Trinajstić information content (AvgIpc) is 3.20. The van der Waals surface area contributed by atoms with Crippen LogP contribution in [-0.2, 0) is 11.3 Å². The molecule has 5 nitrogen and oxygen atoms in total. The standard InChI is InChI=1S/C21H30N4OS.HI/c1-22-21(23-13-8-14-26-19-11-6-3-7-12-19)24-15-18-16-27-20(25-18)17-9-4-2-5-10-17;/h2,4-5,9-10,16,19H,3,6-8,11-15H2,1H3,(H2,22,23,24);1H. The summed E-state index contributed by atoms with van der Waals surface area (Å²) >= 11 is 1.67. The average molecular weight is 514 g/mol. The summed E-state index contributed by atoms with van der Waals surface area (Å²) in [5, 5.41) is 9.83. The molecular weight excluding hydrogens is 483 g/mol. The van der Waals surface area contributed by atoms with Crippen LogP contribution in [0.4, 0.5) is 0 Å². The highest BCUT2D eigenvalue weighted by Crippen LogP contribution is 2.23. The van der Waals surface area contributed by atoms with E-state index >= 15 is 0 Å². The first-order chi connectivity index (χ1) is 13.3. The van der Waals surface area contributed by atoms with E-state index in [1.165, 1.54) is 32.1 Å². The fourth-order valence-corrected chi connectivity index (χ4v) is 4.08. The molecule has 0 atom stereocenters. The predicted octanol–water partition coefficient (Wildman–Crippen LogP) is 4.83. The lowest BCUT2D eigenvalue weighted by Gasteiger charge is -2.22. The summed E-state index contributed by atoms with van der Waals surface area (Å²) in [7, 11) is 1.80. The van der Waals surface area contributed by atoms with E-state index in [2.05, 4.69) is 33.1 Å². The Morgan fingerprint density at radius 2 is 1.96 bits per heavy atom. The van der Waals surface area contributed by atoms with Gasteiger partial charge in [-0.1, -0.05) is 49.6 Å². The van der Waals surface area contributed by atoms with E-state index in [4.69, 9.17) is 9.72 Å². The summed E-state index contributed by atoms with van der Waals surface area (Å²) in [6, 6.07) is 10.3. The van der Waals surface area contributed by atoms with E-state index in [0.29, 0.717) is 12.6 Å². The van der Waals surface area contributed by atoms with E-state index in [-0.39, 0.29) is 24.0 Å². The fraction of sp³-hybridized carbons (Fsp3) is 0.524. The molecule has 0 unspecified atom stereocenters. The van der Waals surface area contributed by atoms with E-state index in [1.54, 1.807) is 18.4 Å². The molecule has 2 N–H and O–H groups in total. The first-order valence-corrected chi connectivity index (χ1v) is 10.8. The number of ether oxygens (including phenoxy) is 1. The van der Waals surface area contributed by atoms with Crippen molar-refractivity contribution in [3.8, 4) is 10.6 Å². The minimum absolute atomic E-state index is 0. The maximum atomic E-state index is 5.96. The molecule has 1 aliphatic carbocycles. The normalized spacial score (nSPS) is 15.1. The number of hydrogen-bond donors (Lipinski definition) is 2. The van der Waals surface area contributed by atoms with Crippen LogP contribution in [-0.4, -0.2) is 37.2 Å². The number of halogens is 1. The third-order valence-electron chi connectivity index (χ3n) is 4.75. The van der Waals surface area contributed by atoms with Crippen molar-refractivity contribution >= 4 is 41.3 Å².